The molecule has 2 aromatic rings. The molecule has 0 radical (unpaired) electrons. The number of anilines is 1. The third kappa shape index (κ3) is 4.26. The number of nitro benzene ring substituents is 1. The molecule has 1 N–H and O–H groups in total. The zero-order valence-electron chi connectivity index (χ0n) is 16.4. The number of hydrogen-bond acceptors (Lipinski definition) is 7. The Balaban J connectivity index is 1.51. The van der Waals surface area contributed by atoms with Crippen molar-refractivity contribution in [3.8, 4) is 17.2 Å². The molecule has 0 spiro atoms. The van der Waals surface area contributed by atoms with Gasteiger partial charge < -0.3 is 19.5 Å². The van der Waals surface area contributed by atoms with E-state index in [2.05, 4.69) is 21.2 Å². The van der Waals surface area contributed by atoms with Crippen LogP contribution in [-0.2, 0) is 9.59 Å². The number of hydrogen-bond donors (Lipinski definition) is 1. The van der Waals surface area contributed by atoms with Gasteiger partial charge in [-0.05, 0) is 30.7 Å². The van der Waals surface area contributed by atoms with Gasteiger partial charge in [-0.3, -0.25) is 24.6 Å². The lowest BCUT2D eigenvalue weighted by Gasteiger charge is -2.29. The number of benzene rings is 2. The Morgan fingerprint density at radius 3 is 2.61 bits per heavy atom. The second kappa shape index (κ2) is 8.42. The highest BCUT2D eigenvalue weighted by atomic mass is 79.9. The van der Waals surface area contributed by atoms with E-state index in [0.29, 0.717) is 30.5 Å². The summed E-state index contributed by atoms with van der Waals surface area (Å²) in [6, 6.07) is 7.10. The molecule has 4 rings (SSSR count). The number of nitro groups is 1. The first kappa shape index (κ1) is 20.9. The lowest BCUT2D eigenvalue weighted by molar-refractivity contribution is -0.384. The number of nitrogens with zero attached hydrogens (tertiary/aromatic N) is 2. The number of carbonyl (C=O) groups is 2. The van der Waals surface area contributed by atoms with E-state index >= 15 is 0 Å². The maximum atomic E-state index is 12.7. The molecule has 0 fully saturated rings. The SMILES string of the molecule is CC(NC(=O)CN1C(=O)COc2ccc([N+](=O)[O-])cc21)c1cc2c(cc1Br)OCCO2. The van der Waals surface area contributed by atoms with Crippen LogP contribution >= 0.6 is 15.9 Å². The molecule has 162 valence electrons. The minimum Gasteiger partial charge on any atom is -0.486 e. The lowest BCUT2D eigenvalue weighted by atomic mass is 10.1. The van der Waals surface area contributed by atoms with Crippen molar-refractivity contribution in [1.29, 1.82) is 0 Å². The maximum Gasteiger partial charge on any atom is 0.271 e. The van der Waals surface area contributed by atoms with Crippen LogP contribution in [0.4, 0.5) is 11.4 Å². The number of carbonyl (C=O) groups excluding carboxylic acids is 2. The third-order valence-corrected chi connectivity index (χ3v) is 5.59. The summed E-state index contributed by atoms with van der Waals surface area (Å²) in [5.41, 5.74) is 0.770. The predicted molar refractivity (Wildman–Crippen MR) is 113 cm³/mol. The maximum absolute atomic E-state index is 12.7. The van der Waals surface area contributed by atoms with Crippen molar-refractivity contribution < 1.29 is 28.7 Å². The van der Waals surface area contributed by atoms with Crippen LogP contribution in [0.2, 0.25) is 0 Å². The summed E-state index contributed by atoms with van der Waals surface area (Å²) >= 11 is 3.49. The number of ether oxygens (including phenoxy) is 3. The third-order valence-electron chi connectivity index (χ3n) is 4.90. The fraction of sp³-hybridized carbons (Fsp3) is 0.300. The Labute approximate surface area is 185 Å². The van der Waals surface area contributed by atoms with Crippen molar-refractivity contribution in [2.45, 2.75) is 13.0 Å². The van der Waals surface area contributed by atoms with Gasteiger partial charge >= 0.3 is 0 Å². The summed E-state index contributed by atoms with van der Waals surface area (Å²) in [5, 5.41) is 13.9. The molecule has 1 atom stereocenters. The molecule has 31 heavy (non-hydrogen) atoms. The normalized spacial score (nSPS) is 15.5. The largest absolute Gasteiger partial charge is 0.486 e. The Bertz CT molecular complexity index is 1070. The van der Waals surface area contributed by atoms with Crippen LogP contribution in [0, 0.1) is 10.1 Å². The topological polar surface area (TPSA) is 120 Å². The van der Waals surface area contributed by atoms with Crippen LogP contribution < -0.4 is 24.4 Å². The van der Waals surface area contributed by atoms with Gasteiger partial charge in [-0.1, -0.05) is 15.9 Å². The quantitative estimate of drug-likeness (QED) is 0.504. The molecule has 2 amide bonds. The summed E-state index contributed by atoms with van der Waals surface area (Å²) < 4.78 is 17.2. The van der Waals surface area contributed by atoms with Gasteiger partial charge in [0.2, 0.25) is 5.91 Å². The summed E-state index contributed by atoms with van der Waals surface area (Å²) in [6.45, 7) is 2.16. The highest BCUT2D eigenvalue weighted by molar-refractivity contribution is 9.10. The minimum atomic E-state index is -0.570. The molecule has 10 nitrogen and oxygen atoms in total. The standard InChI is InChI=1S/C20H18BrN3O7/c1-11(13-7-17-18(8-14(13)21)30-5-4-29-17)22-19(25)9-23-15-6-12(24(27)28)2-3-16(15)31-10-20(23)26/h2-3,6-8,11H,4-5,9-10H2,1H3,(H,22,25). The predicted octanol–water partition coefficient (Wildman–Crippen LogP) is 2.73. The fourth-order valence-electron chi connectivity index (χ4n) is 3.40. The van der Waals surface area contributed by atoms with E-state index in [4.69, 9.17) is 14.2 Å². The van der Waals surface area contributed by atoms with Crippen molar-refractivity contribution in [2.24, 2.45) is 0 Å². The van der Waals surface area contributed by atoms with E-state index in [-0.39, 0.29) is 24.5 Å². The lowest BCUT2D eigenvalue weighted by Crippen LogP contribution is -2.45. The zero-order chi connectivity index (χ0) is 22.1. The van der Waals surface area contributed by atoms with Gasteiger partial charge in [-0.25, -0.2) is 0 Å². The fourth-order valence-corrected chi connectivity index (χ4v) is 4.06. The highest BCUT2D eigenvalue weighted by Gasteiger charge is 2.30. The number of rotatable bonds is 5. The van der Waals surface area contributed by atoms with E-state index in [1.165, 1.54) is 23.1 Å². The van der Waals surface area contributed by atoms with Crippen molar-refractivity contribution in [3.63, 3.8) is 0 Å². The average Bonchev–Trinajstić information content (AvgIpc) is 2.74. The summed E-state index contributed by atoms with van der Waals surface area (Å²) in [7, 11) is 0. The molecule has 0 aliphatic carbocycles. The van der Waals surface area contributed by atoms with Crippen LogP contribution in [0.3, 0.4) is 0 Å². The smallest absolute Gasteiger partial charge is 0.271 e. The van der Waals surface area contributed by atoms with Crippen molar-refractivity contribution >= 4 is 39.1 Å². The molecular formula is C20H18BrN3O7. The second-order valence-corrected chi connectivity index (χ2v) is 7.84. The van der Waals surface area contributed by atoms with E-state index in [0.717, 1.165) is 10.0 Å². The first-order valence-corrected chi connectivity index (χ1v) is 10.2. The van der Waals surface area contributed by atoms with E-state index in [1.807, 2.05) is 0 Å². The molecule has 1 unspecified atom stereocenters. The van der Waals surface area contributed by atoms with Gasteiger partial charge in [-0.15, -0.1) is 0 Å². The molecular weight excluding hydrogens is 474 g/mol. The molecule has 0 saturated carbocycles. The summed E-state index contributed by atoms with van der Waals surface area (Å²) in [6.07, 6.45) is 0. The summed E-state index contributed by atoms with van der Waals surface area (Å²) in [5.74, 6) is 0.631. The molecule has 0 bridgehead atoms. The van der Waals surface area contributed by atoms with Gasteiger partial charge in [0.15, 0.2) is 18.1 Å². The van der Waals surface area contributed by atoms with Crippen LogP contribution in [0.15, 0.2) is 34.8 Å². The first-order valence-electron chi connectivity index (χ1n) is 9.43. The molecule has 0 aromatic heterocycles. The van der Waals surface area contributed by atoms with Gasteiger partial charge in [0, 0.05) is 16.6 Å². The van der Waals surface area contributed by atoms with Gasteiger partial charge in [0.1, 0.15) is 25.5 Å². The Hall–Kier alpha value is -3.34. The number of fused-ring (bicyclic) bond motifs is 2. The molecule has 11 heteroatoms. The van der Waals surface area contributed by atoms with Crippen molar-refractivity contribution in [2.75, 3.05) is 31.3 Å². The van der Waals surface area contributed by atoms with E-state index in [1.54, 1.807) is 19.1 Å². The van der Waals surface area contributed by atoms with Gasteiger partial charge in [0.05, 0.1) is 16.7 Å². The van der Waals surface area contributed by atoms with Crippen LogP contribution in [0.25, 0.3) is 0 Å². The number of amides is 2. The van der Waals surface area contributed by atoms with Crippen molar-refractivity contribution in [1.82, 2.24) is 5.32 Å². The van der Waals surface area contributed by atoms with Gasteiger partial charge in [-0.2, -0.15) is 0 Å². The molecule has 0 saturated heterocycles. The van der Waals surface area contributed by atoms with E-state index < -0.39 is 22.8 Å². The Morgan fingerprint density at radius 2 is 1.90 bits per heavy atom. The molecule has 2 aromatic carbocycles. The van der Waals surface area contributed by atoms with Crippen LogP contribution in [0.5, 0.6) is 17.2 Å². The number of nitrogens with one attached hydrogen (secondary N) is 1. The number of non-ortho nitro benzene ring substituents is 1. The zero-order valence-corrected chi connectivity index (χ0v) is 18.0. The first-order chi connectivity index (χ1) is 14.8. The van der Waals surface area contributed by atoms with Crippen molar-refractivity contribution in [3.05, 3.63) is 50.5 Å². The monoisotopic (exact) mass is 491 g/mol. The van der Waals surface area contributed by atoms with Crippen LogP contribution in [-0.4, -0.2) is 43.1 Å². The minimum absolute atomic E-state index is 0.189. The Kier molecular flexibility index (Phi) is 5.68. The molecule has 2 heterocycles. The second-order valence-electron chi connectivity index (χ2n) is 6.98. The number of halogens is 1. The molecule has 2 aliphatic heterocycles. The van der Waals surface area contributed by atoms with Gasteiger partial charge in [0.25, 0.3) is 11.6 Å². The summed E-state index contributed by atoms with van der Waals surface area (Å²) in [4.78, 5) is 36.8. The molecule has 2 aliphatic rings. The van der Waals surface area contributed by atoms with E-state index in [9.17, 15) is 19.7 Å². The van der Waals surface area contributed by atoms with Crippen LogP contribution in [0.1, 0.15) is 18.5 Å². The average molecular weight is 492 g/mol. The highest BCUT2D eigenvalue weighted by Crippen LogP contribution is 2.38. The Morgan fingerprint density at radius 1 is 1.19 bits per heavy atom.